The van der Waals surface area contributed by atoms with Gasteiger partial charge in [-0.2, -0.15) is 0 Å². The highest BCUT2D eigenvalue weighted by molar-refractivity contribution is 7.99. The number of hydrogen-bond acceptors (Lipinski definition) is 5. The maximum absolute atomic E-state index is 11.2. The van der Waals surface area contributed by atoms with Crippen LogP contribution in [-0.4, -0.2) is 54.7 Å². The van der Waals surface area contributed by atoms with E-state index in [4.69, 9.17) is 11.6 Å². The van der Waals surface area contributed by atoms with E-state index in [1.807, 2.05) is 30.3 Å². The van der Waals surface area contributed by atoms with Gasteiger partial charge in [0, 0.05) is 16.7 Å². The van der Waals surface area contributed by atoms with Crippen LogP contribution in [0.15, 0.2) is 35.2 Å². The summed E-state index contributed by atoms with van der Waals surface area (Å²) in [6.07, 6.45) is 6.04. The van der Waals surface area contributed by atoms with Gasteiger partial charge in [-0.1, -0.05) is 37.5 Å². The molecule has 0 spiro atoms. The molecule has 7 heteroatoms. The smallest absolute Gasteiger partial charge is 0.407 e. The molecule has 5 atom stereocenters. The van der Waals surface area contributed by atoms with E-state index in [2.05, 4.69) is 22.3 Å². The topological polar surface area (TPSA) is 70.6 Å². The summed E-state index contributed by atoms with van der Waals surface area (Å²) < 4.78 is 4.51. The number of alkyl carbamates (subject to hydrolysis) is 1. The Labute approximate surface area is 184 Å². The molecule has 0 bridgehead atoms. The molecule has 1 aliphatic heterocycles. The molecule has 164 valence electrons. The molecule has 1 heterocycles. The summed E-state index contributed by atoms with van der Waals surface area (Å²) in [6, 6.07) is 10.1. The van der Waals surface area contributed by atoms with Crippen LogP contribution in [0.1, 0.15) is 39.0 Å². The molecule has 0 radical (unpaired) electrons. The summed E-state index contributed by atoms with van der Waals surface area (Å²) in [6.45, 7) is 3.62. The van der Waals surface area contributed by atoms with Crippen LogP contribution >= 0.6 is 23.4 Å². The van der Waals surface area contributed by atoms with Crippen molar-refractivity contribution in [2.45, 2.75) is 62.1 Å². The number of methoxy groups -OCH3 is 1. The molecule has 1 unspecified atom stereocenters. The Hall–Kier alpha value is -0.950. The van der Waals surface area contributed by atoms with Gasteiger partial charge in [0.1, 0.15) is 0 Å². The summed E-state index contributed by atoms with van der Waals surface area (Å²) in [5.41, 5.74) is 0. The van der Waals surface area contributed by atoms with Crippen molar-refractivity contribution in [3.8, 4) is 0 Å². The number of halogens is 1. The maximum Gasteiger partial charge on any atom is 0.407 e. The van der Waals surface area contributed by atoms with Crippen LogP contribution in [0, 0.1) is 11.8 Å². The highest BCUT2D eigenvalue weighted by Gasteiger charge is 2.29. The van der Waals surface area contributed by atoms with Gasteiger partial charge in [0.2, 0.25) is 0 Å². The Morgan fingerprint density at radius 3 is 2.66 bits per heavy atom. The highest BCUT2D eigenvalue weighted by atomic mass is 35.5. The molecule has 2 aliphatic rings. The van der Waals surface area contributed by atoms with Gasteiger partial charge in [-0.25, -0.2) is 4.79 Å². The number of carbonyl (C=O) groups is 1. The molecule has 1 saturated carbocycles. The van der Waals surface area contributed by atoms with E-state index in [-0.39, 0.29) is 5.88 Å². The maximum atomic E-state index is 11.2. The number of aliphatic hydroxyl groups is 1. The quantitative estimate of drug-likeness (QED) is 0.453. The molecule has 1 aromatic rings. The largest absolute Gasteiger partial charge is 0.453 e. The molecule has 2 fully saturated rings. The number of hydrogen-bond donors (Lipinski definition) is 3. The molecule has 0 aromatic heterocycles. The van der Waals surface area contributed by atoms with Crippen LogP contribution in [0.4, 0.5) is 4.79 Å². The zero-order valence-corrected chi connectivity index (χ0v) is 19.1. The number of benzene rings is 1. The van der Waals surface area contributed by atoms with Gasteiger partial charge < -0.3 is 20.5 Å². The summed E-state index contributed by atoms with van der Waals surface area (Å²) in [7, 11) is 1.28. The van der Waals surface area contributed by atoms with Gasteiger partial charge in [-0.3, -0.25) is 0 Å². The minimum atomic E-state index is -0.804. The van der Waals surface area contributed by atoms with Crippen LogP contribution in [0.25, 0.3) is 0 Å². The van der Waals surface area contributed by atoms with Crippen molar-refractivity contribution in [3.63, 3.8) is 0 Å². The third-order valence-electron chi connectivity index (χ3n) is 5.74. The van der Waals surface area contributed by atoms with Crippen molar-refractivity contribution in [1.29, 1.82) is 0 Å². The Balaban J connectivity index is 0.000000230. The van der Waals surface area contributed by atoms with E-state index >= 15 is 0 Å². The average molecular weight is 443 g/mol. The third kappa shape index (κ3) is 8.75. The summed E-state index contributed by atoms with van der Waals surface area (Å²) in [5, 5.41) is 15.9. The van der Waals surface area contributed by atoms with Crippen LogP contribution < -0.4 is 10.6 Å². The minimum Gasteiger partial charge on any atom is -0.453 e. The summed E-state index contributed by atoms with van der Waals surface area (Å²) in [5.74, 6) is 2.68. The van der Waals surface area contributed by atoms with Crippen LogP contribution in [0.3, 0.4) is 0 Å². The number of piperidine rings is 1. The number of ether oxygens (including phenoxy) is 1. The lowest BCUT2D eigenvalue weighted by Crippen LogP contribution is -2.45. The van der Waals surface area contributed by atoms with Gasteiger partial charge in [-0.15, -0.1) is 23.4 Å². The zero-order chi connectivity index (χ0) is 21.1. The van der Waals surface area contributed by atoms with Crippen LogP contribution in [0.2, 0.25) is 0 Å². The first kappa shape index (κ1) is 24.3. The first-order valence-corrected chi connectivity index (χ1v) is 12.0. The van der Waals surface area contributed by atoms with Crippen molar-refractivity contribution in [2.75, 3.05) is 25.3 Å². The lowest BCUT2D eigenvalue weighted by Gasteiger charge is -2.38. The first-order chi connectivity index (χ1) is 14.0. The lowest BCUT2D eigenvalue weighted by molar-refractivity contribution is 0.133. The molecule has 1 aromatic carbocycles. The third-order valence-corrected chi connectivity index (χ3v) is 7.18. The fourth-order valence-electron chi connectivity index (χ4n) is 4.02. The van der Waals surface area contributed by atoms with Crippen molar-refractivity contribution in [3.05, 3.63) is 30.3 Å². The Morgan fingerprint density at radius 1 is 1.31 bits per heavy atom. The van der Waals surface area contributed by atoms with E-state index in [0.717, 1.165) is 22.8 Å². The predicted octanol–water partition coefficient (Wildman–Crippen LogP) is 4.28. The van der Waals surface area contributed by atoms with Crippen molar-refractivity contribution in [1.82, 2.24) is 10.6 Å². The molecule has 3 N–H and O–H groups in total. The number of carbonyl (C=O) groups excluding carboxylic acids is 1. The molecular weight excluding hydrogens is 408 g/mol. The molecule has 1 saturated heterocycles. The van der Waals surface area contributed by atoms with Gasteiger partial charge in [0.05, 0.1) is 25.1 Å². The number of fused-ring (bicyclic) bond motifs is 1. The fourth-order valence-corrected chi connectivity index (χ4v) is 5.27. The van der Waals surface area contributed by atoms with Crippen LogP contribution in [0.5, 0.6) is 0 Å². The van der Waals surface area contributed by atoms with Crippen molar-refractivity contribution >= 4 is 29.5 Å². The van der Waals surface area contributed by atoms with Crippen molar-refractivity contribution in [2.24, 2.45) is 11.8 Å². The summed E-state index contributed by atoms with van der Waals surface area (Å²) in [4.78, 5) is 12.2. The van der Waals surface area contributed by atoms with Crippen LogP contribution in [-0.2, 0) is 4.74 Å². The van der Waals surface area contributed by atoms with E-state index < -0.39 is 18.2 Å². The van der Waals surface area contributed by atoms with Crippen molar-refractivity contribution < 1.29 is 14.6 Å². The highest BCUT2D eigenvalue weighted by Crippen LogP contribution is 2.35. The van der Waals surface area contributed by atoms with E-state index in [1.54, 1.807) is 0 Å². The number of aliphatic hydroxyl groups excluding tert-OH is 1. The zero-order valence-electron chi connectivity index (χ0n) is 17.5. The number of amides is 1. The number of thioether (sulfide) groups is 1. The molecule has 1 amide bonds. The molecular formula is C22H35ClN2O3S. The Bertz CT molecular complexity index is 593. The van der Waals surface area contributed by atoms with E-state index in [9.17, 15) is 9.90 Å². The van der Waals surface area contributed by atoms with Gasteiger partial charge in [0.25, 0.3) is 0 Å². The van der Waals surface area contributed by atoms with E-state index in [1.165, 1.54) is 57.5 Å². The van der Waals surface area contributed by atoms with E-state index in [0.29, 0.717) is 5.75 Å². The fraction of sp³-hybridized carbons (Fsp3) is 0.682. The normalized spacial score (nSPS) is 25.6. The summed E-state index contributed by atoms with van der Waals surface area (Å²) >= 11 is 7.14. The number of nitrogens with one attached hydrogen (secondary N) is 2. The Kier molecular flexibility index (Phi) is 11.2. The second-order valence-electron chi connectivity index (χ2n) is 7.94. The number of rotatable bonds is 6. The lowest BCUT2D eigenvalue weighted by atomic mass is 9.74. The SMILES string of the molecule is COC(=O)N[C@@H](CSc1ccccc1)C(O)CCl.C[C@@H]1C[C@@H]2CCCC[C@@H]2CN1. The second-order valence-corrected chi connectivity index (χ2v) is 9.34. The molecule has 29 heavy (non-hydrogen) atoms. The minimum absolute atomic E-state index is 0.0595. The first-order valence-electron chi connectivity index (χ1n) is 10.5. The predicted molar refractivity (Wildman–Crippen MR) is 121 cm³/mol. The van der Waals surface area contributed by atoms with Gasteiger partial charge in [-0.05, 0) is 50.3 Å². The van der Waals surface area contributed by atoms with Gasteiger partial charge >= 0.3 is 6.09 Å². The standard InChI is InChI=1S/C12H16ClNO3S.C10H19N/c1-17-12(16)14-10(11(15)7-13)8-18-9-5-3-2-4-6-9;1-8-6-9-4-2-3-5-10(9)7-11-8/h2-6,10-11,15H,7-8H2,1H3,(H,14,16);8-11H,2-7H2,1H3/t10-,11?;8-,9+,10-/m01/s1. The second kappa shape index (κ2) is 13.4. The molecule has 5 nitrogen and oxygen atoms in total. The molecule has 1 aliphatic carbocycles. The Morgan fingerprint density at radius 2 is 2.00 bits per heavy atom. The monoisotopic (exact) mass is 442 g/mol. The van der Waals surface area contributed by atoms with Gasteiger partial charge in [0.15, 0.2) is 0 Å². The number of alkyl halides is 1. The average Bonchev–Trinajstić information content (AvgIpc) is 2.76. The molecule has 3 rings (SSSR count).